The van der Waals surface area contributed by atoms with Crippen LogP contribution < -0.4 is 0 Å². The summed E-state index contributed by atoms with van der Waals surface area (Å²) < 4.78 is 18.5. The minimum absolute atomic E-state index is 0.159. The Kier molecular flexibility index (Phi) is 9.26. The molecule has 0 saturated heterocycles. The van der Waals surface area contributed by atoms with Gasteiger partial charge in [-0.1, -0.05) is 41.4 Å². The normalized spacial score (nSPS) is 10.8. The van der Waals surface area contributed by atoms with Crippen molar-refractivity contribution in [2.24, 2.45) is 0 Å². The lowest BCUT2D eigenvalue weighted by molar-refractivity contribution is -0.133. The number of nitrogens with zero attached hydrogens (tertiary/aromatic N) is 2. The summed E-state index contributed by atoms with van der Waals surface area (Å²) in [5.74, 6) is -0.978. The molecule has 5 nitrogen and oxygen atoms in total. The Morgan fingerprint density at radius 3 is 2.42 bits per heavy atom. The summed E-state index contributed by atoms with van der Waals surface area (Å²) in [4.78, 5) is 30.6. The van der Waals surface area contributed by atoms with Crippen LogP contribution in [0.15, 0.2) is 60.0 Å². The summed E-state index contributed by atoms with van der Waals surface area (Å²) >= 11 is 13.7. The van der Waals surface area contributed by atoms with Crippen LogP contribution in [0.4, 0.5) is 4.39 Å². The molecule has 0 aliphatic rings. The van der Waals surface area contributed by atoms with Gasteiger partial charge in [-0.05, 0) is 47.3 Å². The van der Waals surface area contributed by atoms with Gasteiger partial charge in [0.05, 0.1) is 23.7 Å². The fraction of sp³-hybridized carbons (Fsp3) is 0.250. The van der Waals surface area contributed by atoms with Gasteiger partial charge < -0.3 is 14.5 Å². The van der Waals surface area contributed by atoms with E-state index in [0.29, 0.717) is 11.6 Å². The number of halogens is 3. The fourth-order valence-corrected chi connectivity index (χ4v) is 4.39. The Balaban J connectivity index is 1.81. The topological polar surface area (TPSA) is 49.9 Å². The van der Waals surface area contributed by atoms with E-state index in [1.165, 1.54) is 41.5 Å². The van der Waals surface area contributed by atoms with Gasteiger partial charge in [-0.3, -0.25) is 9.59 Å². The van der Waals surface area contributed by atoms with Crippen LogP contribution in [0.2, 0.25) is 10.0 Å². The highest BCUT2D eigenvalue weighted by atomic mass is 35.5. The molecule has 0 fully saturated rings. The summed E-state index contributed by atoms with van der Waals surface area (Å²) in [5, 5.41) is 2.56. The third kappa shape index (κ3) is 7.27. The molecule has 0 radical (unpaired) electrons. The number of thiophene rings is 1. The zero-order valence-corrected chi connectivity index (χ0v) is 20.3. The number of methoxy groups -OCH3 is 1. The van der Waals surface area contributed by atoms with Crippen molar-refractivity contribution in [1.29, 1.82) is 0 Å². The number of benzene rings is 2. The maximum absolute atomic E-state index is 13.4. The van der Waals surface area contributed by atoms with Crippen LogP contribution in [0, 0.1) is 5.82 Å². The quantitative estimate of drug-likeness (QED) is 0.362. The largest absolute Gasteiger partial charge is 0.383 e. The highest BCUT2D eigenvalue weighted by Crippen LogP contribution is 2.23. The number of carbonyl (C=O) groups excluding carboxylic acids is 2. The van der Waals surface area contributed by atoms with Gasteiger partial charge in [0, 0.05) is 30.1 Å². The van der Waals surface area contributed by atoms with Gasteiger partial charge >= 0.3 is 0 Å². The summed E-state index contributed by atoms with van der Waals surface area (Å²) in [6, 6.07) is 14.5. The first kappa shape index (κ1) is 25.2. The first-order valence-electron chi connectivity index (χ1n) is 10.1. The molecule has 0 N–H and O–H groups in total. The summed E-state index contributed by atoms with van der Waals surface area (Å²) in [6.07, 6.45) is 0. The number of hydrogen-bond donors (Lipinski definition) is 0. The van der Waals surface area contributed by atoms with E-state index in [9.17, 15) is 14.0 Å². The van der Waals surface area contributed by atoms with E-state index in [1.807, 2.05) is 17.5 Å². The first-order valence-corrected chi connectivity index (χ1v) is 11.8. The van der Waals surface area contributed by atoms with Crippen molar-refractivity contribution in [2.45, 2.75) is 13.1 Å². The van der Waals surface area contributed by atoms with Crippen molar-refractivity contribution in [2.75, 3.05) is 26.8 Å². The molecule has 3 aromatic rings. The van der Waals surface area contributed by atoms with Crippen molar-refractivity contribution >= 4 is 46.4 Å². The third-order valence-electron chi connectivity index (χ3n) is 4.91. The molecule has 33 heavy (non-hydrogen) atoms. The van der Waals surface area contributed by atoms with Crippen LogP contribution in [0.5, 0.6) is 0 Å². The lowest BCUT2D eigenvalue weighted by Crippen LogP contribution is -2.43. The molecular formula is C24H23Cl2FN2O3S. The van der Waals surface area contributed by atoms with Crippen LogP contribution in [0.3, 0.4) is 0 Å². The lowest BCUT2D eigenvalue weighted by Gasteiger charge is -2.28. The maximum Gasteiger partial charge on any atom is 0.255 e. The SMILES string of the molecule is COCCN(CC(=O)N(Cc1ccc(F)cc1)Cc1cccs1)C(=O)c1ccc(Cl)cc1Cl. The minimum atomic E-state index is -0.389. The van der Waals surface area contributed by atoms with Crippen LogP contribution in [-0.2, 0) is 22.6 Å². The van der Waals surface area contributed by atoms with Crippen molar-refractivity contribution in [3.05, 3.63) is 91.8 Å². The molecule has 1 heterocycles. The molecule has 9 heteroatoms. The van der Waals surface area contributed by atoms with E-state index in [4.69, 9.17) is 27.9 Å². The number of rotatable bonds is 10. The van der Waals surface area contributed by atoms with Crippen LogP contribution in [0.1, 0.15) is 20.8 Å². The van der Waals surface area contributed by atoms with Gasteiger partial charge in [-0.25, -0.2) is 4.39 Å². The van der Waals surface area contributed by atoms with Crippen LogP contribution >= 0.6 is 34.5 Å². The zero-order valence-electron chi connectivity index (χ0n) is 18.0. The van der Waals surface area contributed by atoms with Crippen LogP contribution in [0.25, 0.3) is 0 Å². The molecule has 0 aliphatic heterocycles. The van der Waals surface area contributed by atoms with Gasteiger partial charge in [-0.15, -0.1) is 11.3 Å². The van der Waals surface area contributed by atoms with E-state index >= 15 is 0 Å². The van der Waals surface area contributed by atoms with E-state index in [-0.39, 0.29) is 54.5 Å². The predicted molar refractivity (Wildman–Crippen MR) is 129 cm³/mol. The summed E-state index contributed by atoms with van der Waals surface area (Å²) in [6.45, 7) is 0.969. The fourth-order valence-electron chi connectivity index (χ4n) is 3.18. The first-order chi connectivity index (χ1) is 15.9. The molecule has 0 aliphatic carbocycles. The van der Waals surface area contributed by atoms with Crippen molar-refractivity contribution in [3.63, 3.8) is 0 Å². The third-order valence-corrected chi connectivity index (χ3v) is 6.32. The van der Waals surface area contributed by atoms with E-state index in [1.54, 1.807) is 29.2 Å². The zero-order chi connectivity index (χ0) is 23.8. The Hall–Kier alpha value is -2.45. The molecule has 0 saturated carbocycles. The standard InChI is InChI=1S/C24H23Cl2FN2O3S/c1-32-11-10-28(24(31)21-9-6-18(25)13-22(21)26)16-23(30)29(15-20-3-2-12-33-20)14-17-4-7-19(27)8-5-17/h2-9,12-13H,10-11,14-16H2,1H3. The minimum Gasteiger partial charge on any atom is -0.383 e. The highest BCUT2D eigenvalue weighted by Gasteiger charge is 2.24. The number of carbonyl (C=O) groups is 2. The molecule has 0 bridgehead atoms. The van der Waals surface area contributed by atoms with Gasteiger partial charge in [0.15, 0.2) is 0 Å². The average Bonchev–Trinajstić information content (AvgIpc) is 3.30. The Labute approximate surface area is 206 Å². The summed E-state index contributed by atoms with van der Waals surface area (Å²) in [5.41, 5.74) is 1.05. The monoisotopic (exact) mass is 508 g/mol. The molecule has 0 atom stereocenters. The maximum atomic E-state index is 13.4. The van der Waals surface area contributed by atoms with Gasteiger partial charge in [-0.2, -0.15) is 0 Å². The van der Waals surface area contributed by atoms with Gasteiger partial charge in [0.2, 0.25) is 5.91 Å². The smallest absolute Gasteiger partial charge is 0.255 e. The second kappa shape index (κ2) is 12.1. The average molecular weight is 509 g/mol. The van der Waals surface area contributed by atoms with Gasteiger partial charge in [0.1, 0.15) is 12.4 Å². The molecule has 0 unspecified atom stereocenters. The van der Waals surface area contributed by atoms with Crippen LogP contribution in [-0.4, -0.2) is 48.4 Å². The van der Waals surface area contributed by atoms with E-state index in [2.05, 4.69) is 0 Å². The Morgan fingerprint density at radius 2 is 1.79 bits per heavy atom. The number of hydrogen-bond acceptors (Lipinski definition) is 4. The molecule has 2 aromatic carbocycles. The Bertz CT molecular complexity index is 1080. The lowest BCUT2D eigenvalue weighted by atomic mass is 10.2. The molecular weight excluding hydrogens is 486 g/mol. The van der Waals surface area contributed by atoms with E-state index in [0.717, 1.165) is 10.4 Å². The molecule has 174 valence electrons. The number of amides is 2. The number of ether oxygens (including phenoxy) is 1. The van der Waals surface area contributed by atoms with Crippen molar-refractivity contribution < 1.29 is 18.7 Å². The van der Waals surface area contributed by atoms with Gasteiger partial charge in [0.25, 0.3) is 5.91 Å². The molecule has 2 amide bonds. The second-order valence-corrected chi connectivity index (χ2v) is 9.18. The Morgan fingerprint density at radius 1 is 1.03 bits per heavy atom. The van der Waals surface area contributed by atoms with Crippen molar-refractivity contribution in [1.82, 2.24) is 9.80 Å². The van der Waals surface area contributed by atoms with Crippen molar-refractivity contribution in [3.8, 4) is 0 Å². The molecule has 1 aromatic heterocycles. The predicted octanol–water partition coefficient (Wildman–Crippen LogP) is 5.51. The molecule has 0 spiro atoms. The summed E-state index contributed by atoms with van der Waals surface area (Å²) in [7, 11) is 1.53. The molecule has 3 rings (SSSR count). The highest BCUT2D eigenvalue weighted by molar-refractivity contribution is 7.09. The van der Waals surface area contributed by atoms with E-state index < -0.39 is 0 Å². The second-order valence-electron chi connectivity index (χ2n) is 7.30.